The van der Waals surface area contributed by atoms with Crippen LogP contribution in [0.1, 0.15) is 19.8 Å². The third kappa shape index (κ3) is 17.7. The number of nitrogens with two attached hydrogens (primary N) is 1. The number of rotatable bonds is 8. The Hall–Kier alpha value is -2.20. The highest BCUT2D eigenvalue weighted by Gasteiger charge is 2.23. The number of ether oxygens (including phenoxy) is 1. The molecule has 0 unspecified atom stereocenters. The van der Waals surface area contributed by atoms with Gasteiger partial charge < -0.3 is 30.3 Å². The molecule has 0 saturated carbocycles. The fraction of sp³-hybridized carbons (Fsp3) is 0.692. The fourth-order valence-electron chi connectivity index (χ4n) is 1.46. The lowest BCUT2D eigenvalue weighted by molar-refractivity contribution is -0.873. The first-order valence-corrected chi connectivity index (χ1v) is 6.64. The molecule has 0 heterocycles. The summed E-state index contributed by atoms with van der Waals surface area (Å²) in [6.07, 6.45) is -1.23. The third-order valence-electron chi connectivity index (χ3n) is 2.20. The summed E-state index contributed by atoms with van der Waals surface area (Å²) >= 11 is 0. The van der Waals surface area contributed by atoms with E-state index in [9.17, 15) is 19.2 Å². The number of carbonyl (C=O) groups excluding carboxylic acids is 1. The van der Waals surface area contributed by atoms with Crippen LogP contribution in [-0.2, 0) is 23.9 Å². The Morgan fingerprint density at radius 3 is 1.65 bits per heavy atom. The summed E-state index contributed by atoms with van der Waals surface area (Å²) < 4.78 is 5.46. The predicted octanol–water partition coefficient (Wildman–Crippen LogP) is -1.03. The molecule has 0 aliphatic carbocycles. The average Bonchev–Trinajstić information content (AvgIpc) is 2.23. The molecule has 0 bridgehead atoms. The maximum atomic E-state index is 10.7. The van der Waals surface area contributed by atoms with Crippen LogP contribution >= 0.6 is 0 Å². The molecule has 0 spiro atoms. The SMILES string of the molecule is CC(=O)O[C@H](CC(=O)O)C[N+](C)(C)C.N[C@@H](CC(=O)O)C(=O)O. The predicted molar refractivity (Wildman–Crippen MR) is 78.6 cm³/mol. The van der Waals surface area contributed by atoms with Crippen LogP contribution in [0.3, 0.4) is 0 Å². The monoisotopic (exact) mass is 337 g/mol. The van der Waals surface area contributed by atoms with Gasteiger partial charge in [-0.3, -0.25) is 19.2 Å². The number of carboxylic acid groups (broad SMARTS) is 3. The van der Waals surface area contributed by atoms with E-state index in [0.29, 0.717) is 11.0 Å². The van der Waals surface area contributed by atoms with E-state index in [2.05, 4.69) is 0 Å². The van der Waals surface area contributed by atoms with Crippen molar-refractivity contribution in [1.29, 1.82) is 0 Å². The quantitative estimate of drug-likeness (QED) is 0.320. The van der Waals surface area contributed by atoms with Crippen molar-refractivity contribution in [1.82, 2.24) is 0 Å². The number of esters is 1. The second kappa shape index (κ2) is 10.5. The first-order valence-electron chi connectivity index (χ1n) is 6.64. The Balaban J connectivity index is 0. The van der Waals surface area contributed by atoms with E-state index in [0.717, 1.165) is 0 Å². The standard InChI is InChI=1S/C9H17NO4.C4H7NO4/c1-7(11)14-8(5-9(12)13)6-10(2,3)4;5-2(4(8)9)1-3(6)7/h8H,5-6H2,1-4H3;2H,1,5H2,(H,6,7)(H,8,9)/p+1/t8-;2-/m10/s1. The van der Waals surface area contributed by atoms with E-state index >= 15 is 0 Å². The number of likely N-dealkylation sites (N-methyl/N-ethyl adjacent to an activating group) is 1. The number of nitrogens with zero attached hydrogens (tertiary/aromatic N) is 1. The van der Waals surface area contributed by atoms with Gasteiger partial charge in [0.1, 0.15) is 12.6 Å². The molecule has 0 fully saturated rings. The van der Waals surface area contributed by atoms with Crippen molar-refractivity contribution in [3.8, 4) is 0 Å². The Labute approximate surface area is 134 Å². The highest BCUT2D eigenvalue weighted by Crippen LogP contribution is 2.04. The van der Waals surface area contributed by atoms with Gasteiger partial charge in [-0.25, -0.2) is 0 Å². The molecule has 2 atom stereocenters. The Morgan fingerprint density at radius 2 is 1.43 bits per heavy atom. The van der Waals surface area contributed by atoms with Crippen molar-refractivity contribution in [2.75, 3.05) is 27.7 Å². The maximum absolute atomic E-state index is 10.7. The second-order valence-corrected chi connectivity index (χ2v) is 5.84. The van der Waals surface area contributed by atoms with Crippen LogP contribution in [0.25, 0.3) is 0 Å². The minimum absolute atomic E-state index is 0.144. The van der Waals surface area contributed by atoms with Crippen molar-refractivity contribution in [3.63, 3.8) is 0 Å². The molecule has 0 aromatic heterocycles. The second-order valence-electron chi connectivity index (χ2n) is 5.84. The molecule has 23 heavy (non-hydrogen) atoms. The molecule has 0 aliphatic heterocycles. The van der Waals surface area contributed by atoms with Crippen LogP contribution in [-0.4, -0.2) is 83.5 Å². The lowest BCUT2D eigenvalue weighted by Crippen LogP contribution is -2.43. The fourth-order valence-corrected chi connectivity index (χ4v) is 1.46. The van der Waals surface area contributed by atoms with Crippen molar-refractivity contribution in [2.45, 2.75) is 31.9 Å². The summed E-state index contributed by atoms with van der Waals surface area (Å²) in [6, 6.07) is -1.29. The first kappa shape index (κ1) is 23.1. The van der Waals surface area contributed by atoms with Crippen molar-refractivity contribution >= 4 is 23.9 Å². The summed E-state index contributed by atoms with van der Waals surface area (Å²) in [5.41, 5.74) is 4.84. The lowest BCUT2D eigenvalue weighted by atomic mass is 10.2. The third-order valence-corrected chi connectivity index (χ3v) is 2.20. The van der Waals surface area contributed by atoms with Gasteiger partial charge in [0.25, 0.3) is 0 Å². The van der Waals surface area contributed by atoms with Crippen molar-refractivity contribution in [3.05, 3.63) is 0 Å². The number of quaternary nitrogens is 1. The Morgan fingerprint density at radius 1 is 1.00 bits per heavy atom. The zero-order chi connectivity index (χ0) is 18.8. The number of hydrogen-bond acceptors (Lipinski definition) is 6. The van der Waals surface area contributed by atoms with Crippen LogP contribution in [0.4, 0.5) is 0 Å². The van der Waals surface area contributed by atoms with Gasteiger partial charge >= 0.3 is 23.9 Å². The largest absolute Gasteiger partial charge is 0.481 e. The van der Waals surface area contributed by atoms with Crippen LogP contribution in [0.5, 0.6) is 0 Å². The summed E-state index contributed by atoms with van der Waals surface area (Å²) in [6.45, 7) is 1.77. The minimum atomic E-state index is -1.29. The highest BCUT2D eigenvalue weighted by atomic mass is 16.5. The highest BCUT2D eigenvalue weighted by molar-refractivity contribution is 5.80. The van der Waals surface area contributed by atoms with Gasteiger partial charge in [-0.2, -0.15) is 0 Å². The Bertz CT molecular complexity index is 414. The molecular weight excluding hydrogens is 312 g/mol. The van der Waals surface area contributed by atoms with Crippen LogP contribution in [0.2, 0.25) is 0 Å². The van der Waals surface area contributed by atoms with E-state index in [1.165, 1.54) is 6.92 Å². The molecule has 0 aromatic carbocycles. The molecule has 134 valence electrons. The van der Waals surface area contributed by atoms with E-state index in [4.69, 9.17) is 25.8 Å². The van der Waals surface area contributed by atoms with Gasteiger partial charge in [0.15, 0.2) is 6.10 Å². The molecule has 0 radical (unpaired) electrons. The normalized spacial score (nSPS) is 13.1. The first-order chi connectivity index (χ1) is 10.2. The molecule has 5 N–H and O–H groups in total. The smallest absolute Gasteiger partial charge is 0.321 e. The van der Waals surface area contributed by atoms with E-state index < -0.39 is 42.4 Å². The van der Waals surface area contributed by atoms with E-state index in [1.54, 1.807) is 0 Å². The molecule has 10 nitrogen and oxygen atoms in total. The summed E-state index contributed by atoms with van der Waals surface area (Å²) in [4.78, 5) is 40.8. The van der Waals surface area contributed by atoms with Crippen LogP contribution in [0.15, 0.2) is 0 Å². The average molecular weight is 337 g/mol. The lowest BCUT2D eigenvalue weighted by Gasteiger charge is -2.28. The minimum Gasteiger partial charge on any atom is -0.481 e. The summed E-state index contributed by atoms with van der Waals surface area (Å²) in [5, 5.41) is 24.6. The molecule has 0 amide bonds. The van der Waals surface area contributed by atoms with Crippen LogP contribution in [0, 0.1) is 0 Å². The molecule has 0 saturated heterocycles. The van der Waals surface area contributed by atoms with Crippen LogP contribution < -0.4 is 5.73 Å². The molecule has 0 rings (SSSR count). The number of carbonyl (C=O) groups is 4. The van der Waals surface area contributed by atoms with Gasteiger partial charge in [-0.1, -0.05) is 0 Å². The van der Waals surface area contributed by atoms with Gasteiger partial charge in [0.05, 0.1) is 34.0 Å². The topological polar surface area (TPSA) is 164 Å². The summed E-state index contributed by atoms with van der Waals surface area (Å²) in [5.74, 6) is -3.89. The maximum Gasteiger partial charge on any atom is 0.321 e. The van der Waals surface area contributed by atoms with Gasteiger partial charge in [-0.05, 0) is 0 Å². The molecule has 0 aliphatic rings. The molecular formula is C13H25N2O8+. The van der Waals surface area contributed by atoms with Gasteiger partial charge in [0, 0.05) is 6.92 Å². The number of hydrogen-bond donors (Lipinski definition) is 4. The number of carboxylic acids is 3. The zero-order valence-corrected chi connectivity index (χ0v) is 13.7. The number of aliphatic carboxylic acids is 3. The Kier molecular flexibility index (Phi) is 10.5. The molecule has 0 aromatic rings. The zero-order valence-electron chi connectivity index (χ0n) is 13.7. The van der Waals surface area contributed by atoms with Gasteiger partial charge in [-0.15, -0.1) is 0 Å². The van der Waals surface area contributed by atoms with Crippen molar-refractivity contribution in [2.24, 2.45) is 5.73 Å². The van der Waals surface area contributed by atoms with E-state index in [1.807, 2.05) is 21.1 Å². The summed E-state index contributed by atoms with van der Waals surface area (Å²) in [7, 11) is 5.75. The molecule has 10 heteroatoms. The van der Waals surface area contributed by atoms with Crippen molar-refractivity contribution < 1.29 is 43.7 Å². The van der Waals surface area contributed by atoms with E-state index in [-0.39, 0.29) is 6.42 Å². The van der Waals surface area contributed by atoms with Gasteiger partial charge in [0.2, 0.25) is 0 Å².